The summed E-state index contributed by atoms with van der Waals surface area (Å²) in [5.74, 6) is -2.90. The third kappa shape index (κ3) is 30.6. The van der Waals surface area contributed by atoms with Gasteiger partial charge in [-0.05, 0) is 19.8 Å². The molecule has 0 amide bonds. The molecule has 11 nitrogen and oxygen atoms in total. The van der Waals surface area contributed by atoms with Gasteiger partial charge in [0.15, 0.2) is 0 Å². The van der Waals surface area contributed by atoms with Gasteiger partial charge in [0.2, 0.25) is 0 Å². The molecular formula is C18H32O11. The van der Waals surface area contributed by atoms with E-state index in [9.17, 15) is 19.2 Å². The number of aliphatic carboxylic acids is 2. The molecule has 0 saturated carbocycles. The quantitative estimate of drug-likeness (QED) is 0.170. The van der Waals surface area contributed by atoms with Crippen LogP contribution >= 0.6 is 0 Å². The molecule has 0 aromatic heterocycles. The number of carbonyl (C=O) groups is 4. The fourth-order valence-electron chi connectivity index (χ4n) is 0.906. The number of ether oxygens (including phenoxy) is 1. The smallest absolute Gasteiger partial charge is 0.338 e. The van der Waals surface area contributed by atoms with Crippen molar-refractivity contribution in [3.63, 3.8) is 0 Å². The van der Waals surface area contributed by atoms with Crippen molar-refractivity contribution in [3.8, 4) is 0 Å². The molecule has 1 aliphatic heterocycles. The summed E-state index contributed by atoms with van der Waals surface area (Å²) in [5, 5.41) is 49.1. The van der Waals surface area contributed by atoms with E-state index in [-0.39, 0.29) is 38.1 Å². The Morgan fingerprint density at radius 3 is 1.34 bits per heavy atom. The number of carboxylic acids is 2. The zero-order valence-electron chi connectivity index (χ0n) is 16.9. The Bertz CT molecular complexity index is 472. The number of cyclic esters (lactones) is 2. The first-order chi connectivity index (χ1) is 13.3. The van der Waals surface area contributed by atoms with Crippen LogP contribution in [0.5, 0.6) is 0 Å². The number of aliphatic hydroxyl groups is 4. The average molecular weight is 424 g/mol. The largest absolute Gasteiger partial charge is 0.481 e. The molecule has 1 unspecified atom stereocenters. The summed E-state index contributed by atoms with van der Waals surface area (Å²) in [6, 6.07) is 0. The van der Waals surface area contributed by atoms with Crippen LogP contribution in [0.3, 0.4) is 0 Å². The standard InChI is InChI=1S/C6H10O4.C5H12O2.C4H2O3.C3H8O2/c7-5(8)3-1-2-4-6(9)10;1-5(2,3-6)4-7;5-3-1-2-4(6)7-3;1-3(5)2-4/h1-4H2,(H,7,8)(H,9,10);6-7H,3-4H2,1-2H3;1-2H;3-5H,2H2,1H3. The number of hydrogen-bond donors (Lipinski definition) is 6. The van der Waals surface area contributed by atoms with Crippen LogP contribution in [0, 0.1) is 5.41 Å². The lowest BCUT2D eigenvalue weighted by molar-refractivity contribution is -0.150. The second kappa shape index (κ2) is 19.0. The van der Waals surface area contributed by atoms with Gasteiger partial charge >= 0.3 is 23.9 Å². The molecule has 0 spiro atoms. The SMILES string of the molecule is CC(C)(CO)CO.CC(O)CO.O=C(O)CCCCC(=O)O.O=C1C=CC(=O)O1. The van der Waals surface area contributed by atoms with Crippen molar-refractivity contribution in [3.05, 3.63) is 12.2 Å². The van der Waals surface area contributed by atoms with E-state index < -0.39 is 30.0 Å². The molecule has 0 radical (unpaired) electrons. The molecule has 0 saturated heterocycles. The van der Waals surface area contributed by atoms with E-state index in [1.165, 1.54) is 6.92 Å². The molecular weight excluding hydrogens is 392 g/mol. The van der Waals surface area contributed by atoms with E-state index in [4.69, 9.17) is 30.6 Å². The molecule has 0 aromatic rings. The summed E-state index contributed by atoms with van der Waals surface area (Å²) in [5.41, 5.74) is -0.306. The highest BCUT2D eigenvalue weighted by Gasteiger charge is 2.13. The lowest BCUT2D eigenvalue weighted by atomic mass is 9.97. The number of carbonyl (C=O) groups excluding carboxylic acids is 2. The molecule has 170 valence electrons. The van der Waals surface area contributed by atoms with Crippen LogP contribution < -0.4 is 0 Å². The van der Waals surface area contributed by atoms with Crippen LogP contribution in [0.4, 0.5) is 0 Å². The summed E-state index contributed by atoms with van der Waals surface area (Å²) < 4.78 is 3.97. The molecule has 6 N–H and O–H groups in total. The van der Waals surface area contributed by atoms with E-state index in [0.717, 1.165) is 12.2 Å². The zero-order valence-corrected chi connectivity index (χ0v) is 16.9. The third-order valence-corrected chi connectivity index (χ3v) is 2.71. The van der Waals surface area contributed by atoms with Crippen molar-refractivity contribution < 1.29 is 54.6 Å². The summed E-state index contributed by atoms with van der Waals surface area (Å²) >= 11 is 0. The third-order valence-electron chi connectivity index (χ3n) is 2.71. The molecule has 1 rings (SSSR count). The minimum absolute atomic E-state index is 0.0451. The predicted molar refractivity (Wildman–Crippen MR) is 101 cm³/mol. The predicted octanol–water partition coefficient (Wildman–Crippen LogP) is -0.301. The second-order valence-electron chi connectivity index (χ2n) is 6.58. The number of rotatable bonds is 8. The number of carboxylic acid groups (broad SMARTS) is 2. The Kier molecular flexibility index (Phi) is 20.5. The normalized spacial score (nSPS) is 12.9. The van der Waals surface area contributed by atoms with Crippen molar-refractivity contribution in [2.24, 2.45) is 5.41 Å². The maximum Gasteiger partial charge on any atom is 0.338 e. The van der Waals surface area contributed by atoms with Crippen LogP contribution in [-0.2, 0) is 23.9 Å². The summed E-state index contributed by atoms with van der Waals surface area (Å²) in [6.07, 6.45) is 2.63. The monoisotopic (exact) mass is 424 g/mol. The highest BCUT2D eigenvalue weighted by Crippen LogP contribution is 2.10. The lowest BCUT2D eigenvalue weighted by Crippen LogP contribution is -2.20. The lowest BCUT2D eigenvalue weighted by Gasteiger charge is -2.16. The van der Waals surface area contributed by atoms with Gasteiger partial charge < -0.3 is 35.4 Å². The average Bonchev–Trinajstić information content (AvgIpc) is 3.03. The molecule has 29 heavy (non-hydrogen) atoms. The Morgan fingerprint density at radius 1 is 0.931 bits per heavy atom. The van der Waals surface area contributed by atoms with Crippen molar-refractivity contribution in [2.45, 2.75) is 52.6 Å². The number of unbranched alkanes of at least 4 members (excludes halogenated alkanes) is 1. The molecule has 0 fully saturated rings. The Morgan fingerprint density at radius 2 is 1.24 bits per heavy atom. The van der Waals surface area contributed by atoms with E-state index in [0.29, 0.717) is 12.8 Å². The minimum Gasteiger partial charge on any atom is -0.481 e. The van der Waals surface area contributed by atoms with Crippen LogP contribution in [0.2, 0.25) is 0 Å². The zero-order chi connectivity index (χ0) is 23.5. The van der Waals surface area contributed by atoms with Gasteiger partial charge in [0, 0.05) is 30.4 Å². The van der Waals surface area contributed by atoms with Gasteiger partial charge in [0.05, 0.1) is 25.9 Å². The topological polar surface area (TPSA) is 199 Å². The molecule has 0 aromatic carbocycles. The minimum atomic E-state index is -0.870. The van der Waals surface area contributed by atoms with Crippen molar-refractivity contribution in [2.75, 3.05) is 19.8 Å². The van der Waals surface area contributed by atoms with E-state index in [1.54, 1.807) is 13.8 Å². The van der Waals surface area contributed by atoms with E-state index in [2.05, 4.69) is 4.74 Å². The highest BCUT2D eigenvalue weighted by atomic mass is 16.6. The number of hydrogen-bond acceptors (Lipinski definition) is 9. The molecule has 0 aliphatic carbocycles. The summed E-state index contributed by atoms with van der Waals surface area (Å²) in [6.45, 7) is 5.08. The van der Waals surface area contributed by atoms with Gasteiger partial charge in [0.1, 0.15) is 0 Å². The second-order valence-corrected chi connectivity index (χ2v) is 6.58. The first kappa shape index (κ1) is 31.4. The summed E-state index contributed by atoms with van der Waals surface area (Å²) in [4.78, 5) is 39.6. The van der Waals surface area contributed by atoms with Crippen molar-refractivity contribution in [1.82, 2.24) is 0 Å². The molecule has 1 aliphatic rings. The number of aliphatic hydroxyl groups excluding tert-OH is 4. The maximum atomic E-state index is 9.92. The fraction of sp³-hybridized carbons (Fsp3) is 0.667. The van der Waals surface area contributed by atoms with E-state index >= 15 is 0 Å². The van der Waals surface area contributed by atoms with Gasteiger partial charge in [-0.3, -0.25) is 9.59 Å². The fourth-order valence-corrected chi connectivity index (χ4v) is 0.906. The van der Waals surface area contributed by atoms with Gasteiger partial charge in [-0.15, -0.1) is 0 Å². The van der Waals surface area contributed by atoms with Gasteiger partial charge in [-0.2, -0.15) is 0 Å². The molecule has 1 heterocycles. The Labute approximate surface area is 169 Å². The van der Waals surface area contributed by atoms with Gasteiger partial charge in [-0.1, -0.05) is 13.8 Å². The van der Waals surface area contributed by atoms with Crippen LogP contribution in [0.15, 0.2) is 12.2 Å². The molecule has 1 atom stereocenters. The van der Waals surface area contributed by atoms with Crippen LogP contribution in [0.1, 0.15) is 46.5 Å². The van der Waals surface area contributed by atoms with Crippen molar-refractivity contribution in [1.29, 1.82) is 0 Å². The van der Waals surface area contributed by atoms with E-state index in [1.807, 2.05) is 0 Å². The maximum absolute atomic E-state index is 9.92. The first-order valence-electron chi connectivity index (χ1n) is 8.69. The van der Waals surface area contributed by atoms with Crippen LogP contribution in [0.25, 0.3) is 0 Å². The van der Waals surface area contributed by atoms with Crippen molar-refractivity contribution >= 4 is 23.9 Å². The number of esters is 2. The summed E-state index contributed by atoms with van der Waals surface area (Å²) in [7, 11) is 0. The van der Waals surface area contributed by atoms with Gasteiger partial charge in [0.25, 0.3) is 0 Å². The Hall–Kier alpha value is -2.34. The highest BCUT2D eigenvalue weighted by molar-refractivity contribution is 6.04. The Balaban J connectivity index is -0.000000320. The van der Waals surface area contributed by atoms with Crippen LogP contribution in [-0.4, -0.2) is 80.4 Å². The molecule has 0 bridgehead atoms. The molecule has 11 heteroatoms. The first-order valence-corrected chi connectivity index (χ1v) is 8.69. The van der Waals surface area contributed by atoms with Gasteiger partial charge in [-0.25, -0.2) is 9.59 Å².